The van der Waals surface area contributed by atoms with E-state index in [1.807, 2.05) is 0 Å². The highest BCUT2D eigenvalue weighted by atomic mass is 15.2. The van der Waals surface area contributed by atoms with Crippen molar-refractivity contribution in [3.05, 3.63) is 0 Å². The lowest BCUT2D eigenvalue weighted by Gasteiger charge is -2.29. The van der Waals surface area contributed by atoms with Crippen molar-refractivity contribution in [1.29, 1.82) is 0 Å². The maximum absolute atomic E-state index is 5.71. The molecule has 2 unspecified atom stereocenters. The summed E-state index contributed by atoms with van der Waals surface area (Å²) in [4.78, 5) is 0. The minimum absolute atomic E-state index is 0.570. The van der Waals surface area contributed by atoms with Crippen LogP contribution in [-0.2, 0) is 0 Å². The highest BCUT2D eigenvalue weighted by Gasteiger charge is 2.33. The molecule has 0 radical (unpaired) electrons. The Morgan fingerprint density at radius 1 is 1.13 bits per heavy atom. The van der Waals surface area contributed by atoms with E-state index in [1.165, 1.54) is 51.4 Å². The molecule has 0 spiro atoms. The van der Waals surface area contributed by atoms with Crippen LogP contribution in [0.15, 0.2) is 0 Å². The number of rotatable bonds is 5. The third-order valence-corrected chi connectivity index (χ3v) is 4.53. The second-order valence-electron chi connectivity index (χ2n) is 5.71. The minimum Gasteiger partial charge on any atom is -0.271 e. The first kappa shape index (κ1) is 11.4. The van der Waals surface area contributed by atoms with Crippen LogP contribution in [0.25, 0.3) is 0 Å². The van der Waals surface area contributed by atoms with Crippen molar-refractivity contribution in [2.75, 3.05) is 0 Å². The Bertz CT molecular complexity index is 183. The zero-order valence-electron chi connectivity index (χ0n) is 10.0. The van der Waals surface area contributed by atoms with Crippen LogP contribution >= 0.6 is 0 Å². The number of hydrogen-bond acceptors (Lipinski definition) is 2. The highest BCUT2D eigenvalue weighted by molar-refractivity contribution is 4.87. The van der Waals surface area contributed by atoms with Gasteiger partial charge in [-0.15, -0.1) is 0 Å². The molecule has 0 heterocycles. The normalized spacial score (nSPS) is 27.6. The van der Waals surface area contributed by atoms with Gasteiger partial charge in [0.2, 0.25) is 0 Å². The van der Waals surface area contributed by atoms with Crippen LogP contribution in [-0.4, -0.2) is 6.04 Å². The van der Waals surface area contributed by atoms with Gasteiger partial charge in [0.25, 0.3) is 0 Å². The molecule has 2 heteroatoms. The van der Waals surface area contributed by atoms with Crippen LogP contribution in [0.5, 0.6) is 0 Å². The minimum atomic E-state index is 0.570. The highest BCUT2D eigenvalue weighted by Crippen LogP contribution is 2.40. The Morgan fingerprint density at radius 2 is 1.80 bits per heavy atom. The molecule has 88 valence electrons. The van der Waals surface area contributed by atoms with Crippen molar-refractivity contribution in [2.24, 2.45) is 23.6 Å². The fourth-order valence-electron chi connectivity index (χ4n) is 3.17. The van der Waals surface area contributed by atoms with E-state index < -0.39 is 0 Å². The standard InChI is InChI=1S/C13H26N2/c1-10(12-7-8-12)13(15-14)9-11-5-3-2-4-6-11/h10-13,15H,2-9,14H2,1H3. The second-order valence-corrected chi connectivity index (χ2v) is 5.71. The summed E-state index contributed by atoms with van der Waals surface area (Å²) in [5.41, 5.74) is 3.07. The topological polar surface area (TPSA) is 38.0 Å². The van der Waals surface area contributed by atoms with Gasteiger partial charge in [0.1, 0.15) is 0 Å². The maximum atomic E-state index is 5.71. The predicted octanol–water partition coefficient (Wildman–Crippen LogP) is 2.83. The van der Waals surface area contributed by atoms with E-state index in [9.17, 15) is 0 Å². The van der Waals surface area contributed by atoms with Crippen molar-refractivity contribution in [3.8, 4) is 0 Å². The summed E-state index contributed by atoms with van der Waals surface area (Å²) in [5.74, 6) is 8.41. The van der Waals surface area contributed by atoms with E-state index in [0.717, 1.165) is 17.8 Å². The molecule has 15 heavy (non-hydrogen) atoms. The molecule has 2 nitrogen and oxygen atoms in total. The monoisotopic (exact) mass is 210 g/mol. The van der Waals surface area contributed by atoms with Gasteiger partial charge in [-0.05, 0) is 37.0 Å². The number of nitrogens with two attached hydrogens (primary N) is 1. The van der Waals surface area contributed by atoms with Crippen LogP contribution in [0.2, 0.25) is 0 Å². The largest absolute Gasteiger partial charge is 0.271 e. The van der Waals surface area contributed by atoms with E-state index in [1.54, 1.807) is 0 Å². The van der Waals surface area contributed by atoms with Crippen LogP contribution in [0.3, 0.4) is 0 Å². The van der Waals surface area contributed by atoms with Gasteiger partial charge >= 0.3 is 0 Å². The summed E-state index contributed by atoms with van der Waals surface area (Å²) >= 11 is 0. The molecule has 2 atom stereocenters. The van der Waals surface area contributed by atoms with E-state index in [-0.39, 0.29) is 0 Å². The molecule has 2 aliphatic carbocycles. The molecular formula is C13H26N2. The van der Waals surface area contributed by atoms with Crippen LogP contribution in [0.1, 0.15) is 58.3 Å². The van der Waals surface area contributed by atoms with Gasteiger partial charge in [-0.25, -0.2) is 0 Å². The van der Waals surface area contributed by atoms with Gasteiger partial charge in [-0.2, -0.15) is 0 Å². The van der Waals surface area contributed by atoms with Gasteiger partial charge in [-0.3, -0.25) is 11.3 Å². The molecule has 0 amide bonds. The number of nitrogens with one attached hydrogen (secondary N) is 1. The van der Waals surface area contributed by atoms with Crippen LogP contribution in [0.4, 0.5) is 0 Å². The summed E-state index contributed by atoms with van der Waals surface area (Å²) in [6.45, 7) is 2.38. The Labute approximate surface area is 94.0 Å². The molecule has 0 aromatic rings. The third kappa shape index (κ3) is 3.18. The van der Waals surface area contributed by atoms with Crippen molar-refractivity contribution >= 4 is 0 Å². The molecule has 0 bridgehead atoms. The van der Waals surface area contributed by atoms with E-state index in [4.69, 9.17) is 5.84 Å². The van der Waals surface area contributed by atoms with E-state index in [0.29, 0.717) is 6.04 Å². The zero-order chi connectivity index (χ0) is 10.7. The van der Waals surface area contributed by atoms with Crippen molar-refractivity contribution < 1.29 is 0 Å². The molecule has 0 aromatic heterocycles. The van der Waals surface area contributed by atoms with Crippen molar-refractivity contribution in [2.45, 2.75) is 64.3 Å². The van der Waals surface area contributed by atoms with E-state index in [2.05, 4.69) is 12.3 Å². The second kappa shape index (κ2) is 5.31. The molecule has 2 saturated carbocycles. The van der Waals surface area contributed by atoms with Crippen molar-refractivity contribution in [3.63, 3.8) is 0 Å². The molecule has 2 rings (SSSR count). The third-order valence-electron chi connectivity index (χ3n) is 4.53. The van der Waals surface area contributed by atoms with Gasteiger partial charge in [0, 0.05) is 6.04 Å². The number of hydrazine groups is 1. The molecule has 0 saturated heterocycles. The lowest BCUT2D eigenvalue weighted by atomic mass is 9.81. The van der Waals surface area contributed by atoms with Gasteiger partial charge in [0.05, 0.1) is 0 Å². The Balaban J connectivity index is 1.77. The zero-order valence-corrected chi connectivity index (χ0v) is 10.0. The lowest BCUT2D eigenvalue weighted by Crippen LogP contribution is -2.42. The quantitative estimate of drug-likeness (QED) is 0.541. The summed E-state index contributed by atoms with van der Waals surface area (Å²) in [7, 11) is 0. The Hall–Kier alpha value is -0.0800. The molecule has 2 fully saturated rings. The first-order chi connectivity index (χ1) is 7.31. The molecule has 0 aromatic carbocycles. The van der Waals surface area contributed by atoms with Crippen molar-refractivity contribution in [1.82, 2.24) is 5.43 Å². The Kier molecular flexibility index (Phi) is 4.04. The lowest BCUT2D eigenvalue weighted by molar-refractivity contribution is 0.246. The summed E-state index contributed by atoms with van der Waals surface area (Å²) in [6, 6.07) is 0.570. The average molecular weight is 210 g/mol. The van der Waals surface area contributed by atoms with E-state index >= 15 is 0 Å². The summed E-state index contributed by atoms with van der Waals surface area (Å²) < 4.78 is 0. The SMILES string of the molecule is CC(C1CC1)C(CC1CCCCC1)NN. The molecule has 0 aliphatic heterocycles. The maximum Gasteiger partial charge on any atom is 0.0241 e. The van der Waals surface area contributed by atoms with Gasteiger partial charge in [-0.1, -0.05) is 39.0 Å². The van der Waals surface area contributed by atoms with Crippen LogP contribution in [0, 0.1) is 17.8 Å². The Morgan fingerprint density at radius 3 is 2.33 bits per heavy atom. The molecular weight excluding hydrogens is 184 g/mol. The predicted molar refractivity (Wildman–Crippen MR) is 64.2 cm³/mol. The van der Waals surface area contributed by atoms with Gasteiger partial charge in [0.15, 0.2) is 0 Å². The summed E-state index contributed by atoms with van der Waals surface area (Å²) in [5, 5.41) is 0. The first-order valence-corrected chi connectivity index (χ1v) is 6.77. The smallest absolute Gasteiger partial charge is 0.0241 e. The molecule has 2 aliphatic rings. The van der Waals surface area contributed by atoms with Gasteiger partial charge < -0.3 is 0 Å². The summed E-state index contributed by atoms with van der Waals surface area (Å²) in [6.07, 6.45) is 11.4. The van der Waals surface area contributed by atoms with Crippen LogP contribution < -0.4 is 11.3 Å². The fraction of sp³-hybridized carbons (Fsp3) is 1.00. The first-order valence-electron chi connectivity index (χ1n) is 6.77. The average Bonchev–Trinajstić information content (AvgIpc) is 3.10. The molecule has 3 N–H and O–H groups in total. The number of hydrogen-bond donors (Lipinski definition) is 2. The fourth-order valence-corrected chi connectivity index (χ4v) is 3.17.